The number of alkyl halides is 3. The summed E-state index contributed by atoms with van der Waals surface area (Å²) >= 11 is 5.82. The maximum atomic E-state index is 11.9. The van der Waals surface area contributed by atoms with Gasteiger partial charge in [0.1, 0.15) is 12.2 Å². The highest BCUT2D eigenvalue weighted by atomic mass is 35.5. The number of rotatable bonds is 6. The SMILES string of the molecule is C#CCn1ncc(Cl)c(NCCCCC(F)(F)F)c1=O. The van der Waals surface area contributed by atoms with Crippen LogP contribution >= 0.6 is 11.6 Å². The van der Waals surface area contributed by atoms with Crippen LogP contribution in [0.2, 0.25) is 5.02 Å². The first-order valence-corrected chi connectivity index (χ1v) is 6.22. The lowest BCUT2D eigenvalue weighted by Gasteiger charge is -2.10. The molecule has 1 heterocycles. The van der Waals surface area contributed by atoms with E-state index in [1.165, 1.54) is 6.20 Å². The number of hydrogen-bond acceptors (Lipinski definition) is 3. The van der Waals surface area contributed by atoms with Crippen LogP contribution in [0.25, 0.3) is 0 Å². The van der Waals surface area contributed by atoms with Gasteiger partial charge in [0.15, 0.2) is 0 Å². The maximum absolute atomic E-state index is 11.9. The summed E-state index contributed by atoms with van der Waals surface area (Å²) < 4.78 is 36.9. The molecular weight excluding hydrogens is 295 g/mol. The Labute approximate surface area is 118 Å². The number of hydrogen-bond donors (Lipinski definition) is 1. The van der Waals surface area contributed by atoms with Crippen LogP contribution in [0, 0.1) is 12.3 Å². The van der Waals surface area contributed by atoms with E-state index in [-0.39, 0.29) is 36.6 Å². The maximum Gasteiger partial charge on any atom is 0.389 e. The molecule has 0 unspecified atom stereocenters. The molecule has 0 aliphatic carbocycles. The van der Waals surface area contributed by atoms with E-state index in [0.717, 1.165) is 4.68 Å². The summed E-state index contributed by atoms with van der Waals surface area (Å²) in [6, 6.07) is 0. The van der Waals surface area contributed by atoms with Gasteiger partial charge in [0.2, 0.25) is 0 Å². The van der Waals surface area contributed by atoms with Gasteiger partial charge in [0.05, 0.1) is 11.2 Å². The van der Waals surface area contributed by atoms with Gasteiger partial charge in [-0.3, -0.25) is 4.79 Å². The highest BCUT2D eigenvalue weighted by Crippen LogP contribution is 2.22. The number of unbranched alkanes of at least 4 members (excludes halogenated alkanes) is 1. The molecule has 0 bridgehead atoms. The third kappa shape index (κ3) is 5.13. The van der Waals surface area contributed by atoms with Crippen molar-refractivity contribution in [2.75, 3.05) is 11.9 Å². The van der Waals surface area contributed by atoms with Gasteiger partial charge in [-0.25, -0.2) is 4.68 Å². The first-order valence-electron chi connectivity index (χ1n) is 5.85. The lowest BCUT2D eigenvalue weighted by molar-refractivity contribution is -0.135. The topological polar surface area (TPSA) is 46.9 Å². The first-order chi connectivity index (χ1) is 9.35. The van der Waals surface area contributed by atoms with E-state index >= 15 is 0 Å². The van der Waals surface area contributed by atoms with Gasteiger partial charge in [-0.05, 0) is 12.8 Å². The molecule has 0 aromatic carbocycles. The van der Waals surface area contributed by atoms with Gasteiger partial charge in [0, 0.05) is 13.0 Å². The molecule has 0 radical (unpaired) electrons. The second kappa shape index (κ2) is 7.20. The van der Waals surface area contributed by atoms with Gasteiger partial charge >= 0.3 is 6.18 Å². The molecule has 110 valence electrons. The molecule has 20 heavy (non-hydrogen) atoms. The molecule has 1 N–H and O–H groups in total. The lowest BCUT2D eigenvalue weighted by Crippen LogP contribution is -2.26. The number of nitrogens with one attached hydrogen (secondary N) is 1. The second-order valence-corrected chi connectivity index (χ2v) is 4.44. The van der Waals surface area contributed by atoms with Crippen LogP contribution < -0.4 is 10.9 Å². The Hall–Kier alpha value is -1.68. The summed E-state index contributed by atoms with van der Waals surface area (Å²) in [5, 5.41) is 6.58. The van der Waals surface area contributed by atoms with E-state index < -0.39 is 18.2 Å². The van der Waals surface area contributed by atoms with Crippen molar-refractivity contribution in [2.45, 2.75) is 32.0 Å². The molecule has 0 amide bonds. The van der Waals surface area contributed by atoms with E-state index in [0.29, 0.717) is 0 Å². The Morgan fingerprint density at radius 3 is 2.75 bits per heavy atom. The lowest BCUT2D eigenvalue weighted by atomic mass is 10.2. The molecule has 4 nitrogen and oxygen atoms in total. The van der Waals surface area contributed by atoms with E-state index in [1.54, 1.807) is 0 Å². The summed E-state index contributed by atoms with van der Waals surface area (Å²) in [5.41, 5.74) is -0.393. The van der Waals surface area contributed by atoms with Crippen molar-refractivity contribution in [1.29, 1.82) is 0 Å². The van der Waals surface area contributed by atoms with Crippen molar-refractivity contribution < 1.29 is 13.2 Å². The fourth-order valence-electron chi connectivity index (χ4n) is 1.49. The van der Waals surface area contributed by atoms with Crippen molar-refractivity contribution in [3.8, 4) is 12.3 Å². The molecule has 0 spiro atoms. The third-order valence-corrected chi connectivity index (χ3v) is 2.71. The Balaban J connectivity index is 2.58. The zero-order chi connectivity index (χ0) is 15.2. The number of halogens is 4. The van der Waals surface area contributed by atoms with Gasteiger partial charge in [-0.2, -0.15) is 18.3 Å². The normalized spacial score (nSPS) is 11.2. The van der Waals surface area contributed by atoms with Crippen molar-refractivity contribution in [2.24, 2.45) is 0 Å². The number of terminal acetylenes is 1. The van der Waals surface area contributed by atoms with Crippen LogP contribution in [0.4, 0.5) is 18.9 Å². The fraction of sp³-hybridized carbons (Fsp3) is 0.500. The minimum absolute atomic E-state index is 0.00123. The molecular formula is C12H13ClF3N3O. The Morgan fingerprint density at radius 1 is 1.45 bits per heavy atom. The van der Waals surface area contributed by atoms with Gasteiger partial charge < -0.3 is 5.32 Å². The number of aromatic nitrogens is 2. The summed E-state index contributed by atoms with van der Waals surface area (Å²) in [6.07, 6.45) is 1.60. The highest BCUT2D eigenvalue weighted by molar-refractivity contribution is 6.32. The number of anilines is 1. The molecule has 0 aliphatic heterocycles. The second-order valence-electron chi connectivity index (χ2n) is 4.03. The largest absolute Gasteiger partial charge is 0.389 e. The Morgan fingerprint density at radius 2 is 2.15 bits per heavy atom. The van der Waals surface area contributed by atoms with E-state index in [2.05, 4.69) is 16.3 Å². The van der Waals surface area contributed by atoms with E-state index in [4.69, 9.17) is 18.0 Å². The molecule has 1 aromatic rings. The Bertz CT molecular complexity index is 548. The molecule has 1 rings (SSSR count). The zero-order valence-electron chi connectivity index (χ0n) is 10.5. The first kappa shape index (κ1) is 16.4. The third-order valence-electron chi connectivity index (χ3n) is 2.43. The van der Waals surface area contributed by atoms with Crippen LogP contribution in [-0.4, -0.2) is 22.5 Å². The predicted molar refractivity (Wildman–Crippen MR) is 70.7 cm³/mol. The summed E-state index contributed by atoms with van der Waals surface area (Å²) in [7, 11) is 0. The van der Waals surface area contributed by atoms with E-state index in [9.17, 15) is 18.0 Å². The molecule has 0 saturated heterocycles. The zero-order valence-corrected chi connectivity index (χ0v) is 11.3. The summed E-state index contributed by atoms with van der Waals surface area (Å²) in [4.78, 5) is 11.9. The summed E-state index contributed by atoms with van der Waals surface area (Å²) in [6.45, 7) is 0.212. The minimum Gasteiger partial charge on any atom is -0.379 e. The van der Waals surface area contributed by atoms with Crippen molar-refractivity contribution in [1.82, 2.24) is 9.78 Å². The molecule has 1 aromatic heterocycles. The molecule has 8 heteroatoms. The Kier molecular flexibility index (Phi) is 5.89. The van der Waals surface area contributed by atoms with Crippen LogP contribution in [0.15, 0.2) is 11.0 Å². The highest BCUT2D eigenvalue weighted by Gasteiger charge is 2.25. The van der Waals surface area contributed by atoms with E-state index in [1.807, 2.05) is 0 Å². The van der Waals surface area contributed by atoms with Crippen LogP contribution in [-0.2, 0) is 6.54 Å². The molecule has 0 fully saturated rings. The minimum atomic E-state index is -4.16. The van der Waals surface area contributed by atoms with Gasteiger partial charge in [-0.1, -0.05) is 17.5 Å². The average molecular weight is 308 g/mol. The smallest absolute Gasteiger partial charge is 0.379 e. The molecule has 0 atom stereocenters. The van der Waals surface area contributed by atoms with Gasteiger partial charge in [0.25, 0.3) is 5.56 Å². The van der Waals surface area contributed by atoms with Crippen LogP contribution in [0.3, 0.4) is 0 Å². The summed E-state index contributed by atoms with van der Waals surface area (Å²) in [5.74, 6) is 2.27. The predicted octanol–water partition coefficient (Wildman–Crippen LogP) is 2.67. The quantitative estimate of drug-likeness (QED) is 0.649. The van der Waals surface area contributed by atoms with Crippen LogP contribution in [0.1, 0.15) is 19.3 Å². The average Bonchev–Trinajstić information content (AvgIpc) is 2.35. The standard InChI is InChI=1S/C12H13ClF3N3O/c1-2-7-19-11(20)10(9(13)8-18-19)17-6-4-3-5-12(14,15)16/h1,8,17H,3-7H2. The fourth-order valence-corrected chi connectivity index (χ4v) is 1.68. The number of nitrogens with zero attached hydrogens (tertiary/aromatic N) is 2. The van der Waals surface area contributed by atoms with Crippen molar-refractivity contribution in [3.63, 3.8) is 0 Å². The molecule has 0 aliphatic rings. The molecule has 0 saturated carbocycles. The van der Waals surface area contributed by atoms with Crippen molar-refractivity contribution in [3.05, 3.63) is 21.6 Å². The van der Waals surface area contributed by atoms with Crippen molar-refractivity contribution >= 4 is 17.3 Å². The van der Waals surface area contributed by atoms with Gasteiger partial charge in [-0.15, -0.1) is 6.42 Å². The van der Waals surface area contributed by atoms with Crippen LogP contribution in [0.5, 0.6) is 0 Å². The monoisotopic (exact) mass is 307 g/mol.